The van der Waals surface area contributed by atoms with Crippen LogP contribution in [0.2, 0.25) is 0 Å². The van der Waals surface area contributed by atoms with Crippen molar-refractivity contribution in [3.05, 3.63) is 42.1 Å². The van der Waals surface area contributed by atoms with E-state index in [4.69, 9.17) is 0 Å². The van der Waals surface area contributed by atoms with Gasteiger partial charge in [-0.1, -0.05) is 13.8 Å². The molecule has 3 rings (SSSR count). The van der Waals surface area contributed by atoms with Crippen LogP contribution < -0.4 is 5.32 Å². The molecule has 1 amide bonds. The molecule has 1 fully saturated rings. The molecule has 26 heavy (non-hydrogen) atoms. The number of pyridine rings is 1. The van der Waals surface area contributed by atoms with Gasteiger partial charge in [-0.2, -0.15) is 0 Å². The molecule has 2 aromatic heterocycles. The van der Waals surface area contributed by atoms with E-state index in [0.717, 1.165) is 37.6 Å². The summed E-state index contributed by atoms with van der Waals surface area (Å²) in [4.78, 5) is 23.5. The zero-order valence-corrected chi connectivity index (χ0v) is 16.0. The van der Waals surface area contributed by atoms with Gasteiger partial charge in [-0.3, -0.25) is 4.79 Å². The summed E-state index contributed by atoms with van der Waals surface area (Å²) in [6, 6.07) is 4.17. The molecule has 0 spiro atoms. The van der Waals surface area contributed by atoms with E-state index in [9.17, 15) is 4.79 Å². The summed E-state index contributed by atoms with van der Waals surface area (Å²) in [5, 5.41) is 3.09. The lowest BCUT2D eigenvalue weighted by atomic mass is 9.91. The van der Waals surface area contributed by atoms with Crippen molar-refractivity contribution in [3.8, 4) is 0 Å². The van der Waals surface area contributed by atoms with Crippen molar-refractivity contribution in [3.63, 3.8) is 0 Å². The lowest BCUT2D eigenvalue weighted by Gasteiger charge is -2.33. The Kier molecular flexibility index (Phi) is 5.91. The van der Waals surface area contributed by atoms with Crippen LogP contribution in [0.4, 0.5) is 5.82 Å². The highest BCUT2D eigenvalue weighted by molar-refractivity contribution is 5.76. The van der Waals surface area contributed by atoms with Crippen molar-refractivity contribution in [2.45, 2.75) is 51.5 Å². The van der Waals surface area contributed by atoms with Crippen LogP contribution in [0.1, 0.15) is 56.3 Å². The van der Waals surface area contributed by atoms with E-state index in [1.54, 1.807) is 0 Å². The number of carbonyl (C=O) groups is 1. The number of piperidine rings is 1. The van der Waals surface area contributed by atoms with Gasteiger partial charge in [0.25, 0.3) is 0 Å². The number of amides is 1. The Labute approximate surface area is 155 Å². The lowest BCUT2D eigenvalue weighted by molar-refractivity contribution is -0.132. The van der Waals surface area contributed by atoms with Crippen molar-refractivity contribution in [2.75, 3.05) is 25.5 Å². The Morgan fingerprint density at radius 2 is 2.19 bits per heavy atom. The van der Waals surface area contributed by atoms with Crippen LogP contribution >= 0.6 is 0 Å². The second-order valence-corrected chi connectivity index (χ2v) is 7.29. The van der Waals surface area contributed by atoms with Gasteiger partial charge in [-0.25, -0.2) is 9.97 Å². The minimum absolute atomic E-state index is 0.237. The van der Waals surface area contributed by atoms with Crippen molar-refractivity contribution in [2.24, 2.45) is 0 Å². The fraction of sp³-hybridized carbons (Fsp3) is 0.550. The average Bonchev–Trinajstić information content (AvgIpc) is 3.15. The Bertz CT molecular complexity index is 739. The molecule has 1 N–H and O–H groups in total. The number of rotatable bonds is 6. The third kappa shape index (κ3) is 4.23. The molecule has 1 aliphatic rings. The van der Waals surface area contributed by atoms with E-state index in [1.807, 2.05) is 30.5 Å². The summed E-state index contributed by atoms with van der Waals surface area (Å²) in [6.45, 7) is 6.62. The number of carbonyl (C=O) groups excluding carboxylic acids is 1. The van der Waals surface area contributed by atoms with Crippen molar-refractivity contribution < 1.29 is 4.79 Å². The molecule has 6 nitrogen and oxygen atoms in total. The highest BCUT2D eigenvalue weighted by Crippen LogP contribution is 2.28. The molecule has 0 bridgehead atoms. The predicted octanol–water partition coefficient (Wildman–Crippen LogP) is 3.24. The number of hydrogen-bond acceptors (Lipinski definition) is 4. The first kappa shape index (κ1) is 18.4. The minimum atomic E-state index is 0.237. The first-order valence-corrected chi connectivity index (χ1v) is 9.51. The largest absolute Gasteiger partial charge is 0.373 e. The van der Waals surface area contributed by atoms with Gasteiger partial charge in [0.1, 0.15) is 11.6 Å². The highest BCUT2D eigenvalue weighted by atomic mass is 16.2. The first-order valence-electron chi connectivity index (χ1n) is 9.51. The van der Waals surface area contributed by atoms with Crippen LogP contribution in [-0.4, -0.2) is 45.5 Å². The summed E-state index contributed by atoms with van der Waals surface area (Å²) in [7, 11) is 1.88. The molecule has 0 radical (unpaired) electrons. The van der Waals surface area contributed by atoms with E-state index < -0.39 is 0 Å². The molecule has 1 aliphatic heterocycles. The SMILES string of the molecule is CNc1cc([C@H]2CCCN(C(=O)CCn3ccnc3C(C)C)C2)ccn1. The van der Waals surface area contributed by atoms with Gasteiger partial charge in [-0.05, 0) is 30.5 Å². The molecule has 0 aliphatic carbocycles. The van der Waals surface area contributed by atoms with E-state index in [0.29, 0.717) is 24.8 Å². The molecule has 140 valence electrons. The van der Waals surface area contributed by atoms with Crippen LogP contribution in [0, 0.1) is 0 Å². The van der Waals surface area contributed by atoms with Crippen LogP contribution in [-0.2, 0) is 11.3 Å². The standard InChI is InChI=1S/C20H29N5O/c1-15(2)20-23-9-12-24(20)11-7-19(26)25-10-4-5-17(14-25)16-6-8-22-18(13-16)21-3/h6,8-9,12-13,15,17H,4-5,7,10-11,14H2,1-3H3,(H,21,22)/t17-/m0/s1. The van der Waals surface area contributed by atoms with E-state index >= 15 is 0 Å². The molecule has 6 heteroatoms. The predicted molar refractivity (Wildman–Crippen MR) is 103 cm³/mol. The summed E-state index contributed by atoms with van der Waals surface area (Å²) in [5.41, 5.74) is 1.26. The fourth-order valence-electron chi connectivity index (χ4n) is 3.70. The summed E-state index contributed by atoms with van der Waals surface area (Å²) in [6.07, 6.45) is 8.33. The second kappa shape index (κ2) is 8.34. The highest BCUT2D eigenvalue weighted by Gasteiger charge is 2.25. The van der Waals surface area contributed by atoms with Crippen molar-refractivity contribution in [1.82, 2.24) is 19.4 Å². The summed E-state index contributed by atoms with van der Waals surface area (Å²) >= 11 is 0. The lowest BCUT2D eigenvalue weighted by Crippen LogP contribution is -2.39. The topological polar surface area (TPSA) is 63.1 Å². The molecule has 1 atom stereocenters. The molecular weight excluding hydrogens is 326 g/mol. The zero-order chi connectivity index (χ0) is 18.5. The minimum Gasteiger partial charge on any atom is -0.373 e. The molecule has 0 aromatic carbocycles. The van der Waals surface area contributed by atoms with Gasteiger partial charge in [0.05, 0.1) is 0 Å². The third-order valence-electron chi connectivity index (χ3n) is 5.12. The molecule has 0 unspecified atom stereocenters. The Morgan fingerprint density at radius 3 is 2.96 bits per heavy atom. The normalized spacial score (nSPS) is 17.5. The van der Waals surface area contributed by atoms with E-state index in [2.05, 4.69) is 45.8 Å². The van der Waals surface area contributed by atoms with E-state index in [1.165, 1.54) is 5.56 Å². The zero-order valence-electron chi connectivity index (χ0n) is 16.0. The molecule has 2 aromatic rings. The number of imidazole rings is 1. The van der Waals surface area contributed by atoms with Gasteiger partial charge in [-0.15, -0.1) is 0 Å². The van der Waals surface area contributed by atoms with Crippen molar-refractivity contribution >= 4 is 11.7 Å². The van der Waals surface area contributed by atoms with Gasteiger partial charge < -0.3 is 14.8 Å². The number of likely N-dealkylation sites (tertiary alicyclic amines) is 1. The Balaban J connectivity index is 1.60. The van der Waals surface area contributed by atoms with Crippen LogP contribution in [0.15, 0.2) is 30.7 Å². The molecule has 0 saturated carbocycles. The summed E-state index contributed by atoms with van der Waals surface area (Å²) < 4.78 is 2.10. The average molecular weight is 355 g/mol. The number of aromatic nitrogens is 3. The van der Waals surface area contributed by atoms with Gasteiger partial charge in [0, 0.05) is 63.5 Å². The number of hydrogen-bond donors (Lipinski definition) is 1. The van der Waals surface area contributed by atoms with Crippen LogP contribution in [0.5, 0.6) is 0 Å². The maximum absolute atomic E-state index is 12.7. The second-order valence-electron chi connectivity index (χ2n) is 7.29. The van der Waals surface area contributed by atoms with E-state index in [-0.39, 0.29) is 5.91 Å². The molecule has 3 heterocycles. The summed E-state index contributed by atoms with van der Waals surface area (Å²) in [5.74, 6) is 2.92. The number of aryl methyl sites for hydroxylation is 1. The van der Waals surface area contributed by atoms with Gasteiger partial charge in [0.2, 0.25) is 5.91 Å². The Morgan fingerprint density at radius 1 is 1.35 bits per heavy atom. The third-order valence-corrected chi connectivity index (χ3v) is 5.12. The smallest absolute Gasteiger partial charge is 0.224 e. The maximum Gasteiger partial charge on any atom is 0.224 e. The molecule has 1 saturated heterocycles. The maximum atomic E-state index is 12.7. The quantitative estimate of drug-likeness (QED) is 0.864. The molecular formula is C20H29N5O. The number of anilines is 1. The van der Waals surface area contributed by atoms with Gasteiger partial charge in [0.15, 0.2) is 0 Å². The first-order chi connectivity index (χ1) is 12.6. The van der Waals surface area contributed by atoms with Crippen molar-refractivity contribution in [1.29, 1.82) is 0 Å². The number of nitrogens with one attached hydrogen (secondary N) is 1. The van der Waals surface area contributed by atoms with Crippen LogP contribution in [0.25, 0.3) is 0 Å². The van der Waals surface area contributed by atoms with Gasteiger partial charge >= 0.3 is 0 Å². The fourth-order valence-corrected chi connectivity index (χ4v) is 3.70. The monoisotopic (exact) mass is 355 g/mol. The van der Waals surface area contributed by atoms with Crippen LogP contribution in [0.3, 0.4) is 0 Å². The number of nitrogens with zero attached hydrogens (tertiary/aromatic N) is 4. The Hall–Kier alpha value is -2.37.